The molecule has 0 aromatic carbocycles. The highest BCUT2D eigenvalue weighted by Gasteiger charge is 2.10. The quantitative estimate of drug-likeness (QED) is 0.774. The normalized spacial score (nSPS) is 11.8. The van der Waals surface area contributed by atoms with E-state index in [0.717, 1.165) is 0 Å². The summed E-state index contributed by atoms with van der Waals surface area (Å²) in [6.07, 6.45) is 1.27. The molecule has 0 aliphatic rings. The SMILES string of the molecule is CCS(=O)CCNC(=O)c1ccnc(C(=O)O)c1. The largest absolute Gasteiger partial charge is 0.477 e. The van der Waals surface area contributed by atoms with Crippen LogP contribution >= 0.6 is 0 Å². The zero-order valence-corrected chi connectivity index (χ0v) is 10.7. The van der Waals surface area contributed by atoms with Gasteiger partial charge in [-0.05, 0) is 12.1 Å². The van der Waals surface area contributed by atoms with E-state index in [1.807, 2.05) is 0 Å². The van der Waals surface area contributed by atoms with Crippen LogP contribution in [0.2, 0.25) is 0 Å². The fourth-order valence-corrected chi connectivity index (χ4v) is 1.83. The van der Waals surface area contributed by atoms with Crippen molar-refractivity contribution < 1.29 is 18.9 Å². The number of nitrogens with zero attached hydrogens (tertiary/aromatic N) is 1. The van der Waals surface area contributed by atoms with Gasteiger partial charge in [-0.1, -0.05) is 6.92 Å². The minimum atomic E-state index is -1.18. The molecule has 1 rings (SSSR count). The molecule has 18 heavy (non-hydrogen) atoms. The van der Waals surface area contributed by atoms with Crippen LogP contribution in [0.15, 0.2) is 18.3 Å². The number of carbonyl (C=O) groups is 2. The van der Waals surface area contributed by atoms with Crippen molar-refractivity contribution in [2.24, 2.45) is 0 Å². The molecule has 0 saturated carbocycles. The number of rotatable bonds is 6. The van der Waals surface area contributed by atoms with E-state index in [9.17, 15) is 13.8 Å². The number of carboxylic acids is 1. The predicted octanol–water partition coefficient (Wildman–Crippen LogP) is 0.278. The molecule has 0 spiro atoms. The monoisotopic (exact) mass is 270 g/mol. The lowest BCUT2D eigenvalue weighted by Crippen LogP contribution is -2.28. The summed E-state index contributed by atoms with van der Waals surface area (Å²) in [6.45, 7) is 2.10. The highest BCUT2D eigenvalue weighted by Crippen LogP contribution is 2.01. The van der Waals surface area contributed by atoms with Crippen molar-refractivity contribution in [3.63, 3.8) is 0 Å². The second-order valence-corrected chi connectivity index (χ2v) is 5.29. The van der Waals surface area contributed by atoms with Crippen LogP contribution in [0.4, 0.5) is 0 Å². The average Bonchev–Trinajstić information content (AvgIpc) is 2.38. The zero-order valence-electron chi connectivity index (χ0n) is 9.88. The number of hydrogen-bond donors (Lipinski definition) is 2. The van der Waals surface area contributed by atoms with E-state index in [4.69, 9.17) is 5.11 Å². The van der Waals surface area contributed by atoms with E-state index >= 15 is 0 Å². The molecule has 7 heteroatoms. The minimum absolute atomic E-state index is 0.181. The Balaban J connectivity index is 2.59. The maximum absolute atomic E-state index is 11.7. The lowest BCUT2D eigenvalue weighted by atomic mass is 10.2. The van der Waals surface area contributed by atoms with Gasteiger partial charge in [0.15, 0.2) is 0 Å². The molecule has 0 radical (unpaired) electrons. The second kappa shape index (κ2) is 6.85. The Morgan fingerprint density at radius 1 is 1.50 bits per heavy atom. The topological polar surface area (TPSA) is 96.4 Å². The van der Waals surface area contributed by atoms with E-state index in [0.29, 0.717) is 18.1 Å². The van der Waals surface area contributed by atoms with Gasteiger partial charge in [0.05, 0.1) is 0 Å². The van der Waals surface area contributed by atoms with Crippen molar-refractivity contribution in [1.82, 2.24) is 10.3 Å². The summed E-state index contributed by atoms with van der Waals surface area (Å²) >= 11 is 0. The van der Waals surface area contributed by atoms with Crippen LogP contribution in [-0.2, 0) is 10.8 Å². The van der Waals surface area contributed by atoms with Crippen LogP contribution in [-0.4, -0.2) is 44.2 Å². The number of nitrogens with one attached hydrogen (secondary N) is 1. The summed E-state index contributed by atoms with van der Waals surface area (Å²) in [7, 11) is -0.933. The van der Waals surface area contributed by atoms with Crippen molar-refractivity contribution in [3.05, 3.63) is 29.6 Å². The summed E-state index contributed by atoms with van der Waals surface area (Å²) in [6, 6.07) is 2.63. The number of carboxylic acid groups (broad SMARTS) is 1. The number of amides is 1. The third kappa shape index (κ3) is 4.25. The third-order valence-corrected chi connectivity index (χ3v) is 3.48. The van der Waals surface area contributed by atoms with E-state index in [1.54, 1.807) is 6.92 Å². The fourth-order valence-electron chi connectivity index (χ4n) is 1.21. The first-order valence-corrected chi connectivity index (χ1v) is 6.86. The van der Waals surface area contributed by atoms with Gasteiger partial charge in [0, 0.05) is 40.6 Å². The summed E-state index contributed by atoms with van der Waals surface area (Å²) in [4.78, 5) is 26.0. The van der Waals surface area contributed by atoms with E-state index in [-0.39, 0.29) is 11.3 Å². The van der Waals surface area contributed by atoms with Crippen LogP contribution in [0.3, 0.4) is 0 Å². The van der Waals surface area contributed by atoms with Gasteiger partial charge in [0.2, 0.25) is 0 Å². The molecule has 1 unspecified atom stereocenters. The summed E-state index contributed by atoms with van der Waals surface area (Å²) in [5.41, 5.74) is 0.0458. The van der Waals surface area contributed by atoms with Crippen molar-refractivity contribution in [2.45, 2.75) is 6.92 Å². The molecular formula is C11H14N2O4S. The third-order valence-electron chi connectivity index (χ3n) is 2.18. The van der Waals surface area contributed by atoms with Crippen LogP contribution in [0.5, 0.6) is 0 Å². The van der Waals surface area contributed by atoms with Crippen LogP contribution in [0, 0.1) is 0 Å². The molecule has 1 amide bonds. The summed E-state index contributed by atoms with van der Waals surface area (Å²) < 4.78 is 11.1. The molecule has 1 atom stereocenters. The average molecular weight is 270 g/mol. The zero-order chi connectivity index (χ0) is 13.5. The minimum Gasteiger partial charge on any atom is -0.477 e. The van der Waals surface area contributed by atoms with E-state index in [1.165, 1.54) is 18.3 Å². The van der Waals surface area contributed by atoms with Crippen LogP contribution < -0.4 is 5.32 Å². The van der Waals surface area contributed by atoms with Gasteiger partial charge in [0.1, 0.15) is 5.69 Å². The molecule has 0 saturated heterocycles. The number of hydrogen-bond acceptors (Lipinski definition) is 4. The van der Waals surface area contributed by atoms with Gasteiger partial charge in [-0.2, -0.15) is 0 Å². The number of carbonyl (C=O) groups excluding carboxylic acids is 1. The molecular weight excluding hydrogens is 256 g/mol. The molecule has 1 aromatic heterocycles. The standard InChI is InChI=1S/C11H14N2O4S/c1-2-18(17)6-5-13-10(14)8-3-4-12-9(7-8)11(15)16/h3-4,7H,2,5-6H2,1H3,(H,13,14)(H,15,16). The van der Waals surface area contributed by atoms with Crippen LogP contribution in [0.25, 0.3) is 0 Å². The smallest absolute Gasteiger partial charge is 0.354 e. The van der Waals surface area contributed by atoms with Crippen LogP contribution in [0.1, 0.15) is 27.8 Å². The maximum atomic E-state index is 11.7. The highest BCUT2D eigenvalue weighted by molar-refractivity contribution is 7.84. The highest BCUT2D eigenvalue weighted by atomic mass is 32.2. The van der Waals surface area contributed by atoms with Crippen molar-refractivity contribution in [3.8, 4) is 0 Å². The molecule has 0 fully saturated rings. The molecule has 0 aliphatic carbocycles. The van der Waals surface area contributed by atoms with Gasteiger partial charge < -0.3 is 10.4 Å². The number of pyridine rings is 1. The maximum Gasteiger partial charge on any atom is 0.354 e. The Kier molecular flexibility index (Phi) is 5.44. The Morgan fingerprint density at radius 3 is 2.83 bits per heavy atom. The Bertz CT molecular complexity index is 476. The van der Waals surface area contributed by atoms with Gasteiger partial charge in [0.25, 0.3) is 5.91 Å². The second-order valence-electron chi connectivity index (χ2n) is 3.42. The van der Waals surface area contributed by atoms with E-state index < -0.39 is 22.7 Å². The lowest BCUT2D eigenvalue weighted by molar-refractivity contribution is 0.0690. The van der Waals surface area contributed by atoms with Crippen molar-refractivity contribution in [1.29, 1.82) is 0 Å². The van der Waals surface area contributed by atoms with Crippen molar-refractivity contribution in [2.75, 3.05) is 18.1 Å². The van der Waals surface area contributed by atoms with Gasteiger partial charge in [-0.25, -0.2) is 9.78 Å². The Hall–Kier alpha value is -1.76. The molecule has 0 aliphatic heterocycles. The van der Waals surface area contributed by atoms with Gasteiger partial charge >= 0.3 is 5.97 Å². The molecule has 2 N–H and O–H groups in total. The summed E-state index contributed by atoms with van der Waals surface area (Å²) in [5, 5.41) is 11.3. The Morgan fingerprint density at radius 2 is 2.22 bits per heavy atom. The van der Waals surface area contributed by atoms with Crippen molar-refractivity contribution >= 4 is 22.7 Å². The van der Waals surface area contributed by atoms with Gasteiger partial charge in [-0.3, -0.25) is 9.00 Å². The van der Waals surface area contributed by atoms with Gasteiger partial charge in [-0.15, -0.1) is 0 Å². The lowest BCUT2D eigenvalue weighted by Gasteiger charge is -2.05. The molecule has 1 heterocycles. The first kappa shape index (κ1) is 14.3. The first-order chi connectivity index (χ1) is 8.54. The summed E-state index contributed by atoms with van der Waals surface area (Å²) in [5.74, 6) is -0.641. The molecule has 1 aromatic rings. The van der Waals surface area contributed by atoms with E-state index in [2.05, 4.69) is 10.3 Å². The predicted molar refractivity (Wildman–Crippen MR) is 67.1 cm³/mol. The number of aromatic carboxylic acids is 1. The first-order valence-electron chi connectivity index (χ1n) is 5.37. The molecule has 0 bridgehead atoms. The Labute approximate surface area is 107 Å². The fraction of sp³-hybridized carbons (Fsp3) is 0.364. The number of aromatic nitrogens is 1. The molecule has 98 valence electrons. The molecule has 6 nitrogen and oxygen atoms in total.